The highest BCUT2D eigenvalue weighted by molar-refractivity contribution is 14.0. The van der Waals surface area contributed by atoms with Crippen molar-refractivity contribution in [1.82, 2.24) is 15.5 Å². The van der Waals surface area contributed by atoms with Gasteiger partial charge >= 0.3 is 0 Å². The summed E-state index contributed by atoms with van der Waals surface area (Å²) in [4.78, 5) is 7.00. The van der Waals surface area contributed by atoms with Gasteiger partial charge in [0.05, 0.1) is 19.3 Å². The summed E-state index contributed by atoms with van der Waals surface area (Å²) >= 11 is 0. The van der Waals surface area contributed by atoms with Gasteiger partial charge in [-0.3, -0.25) is 4.99 Å². The number of aliphatic imine (C=N–C) groups is 1. The number of hydrogen-bond acceptors (Lipinski definition) is 3. The maximum atomic E-state index is 5.77. The standard InChI is InChI=1S/C17H36N4O.HI/c1-7-18-16(20-14(2)8-9-17(3,4)5)19-12-15-13-21(6)10-11-22-15;/h14-15H,7-13H2,1-6H3,(H2,18,19,20);1H. The Morgan fingerprint density at radius 2 is 2.09 bits per heavy atom. The minimum Gasteiger partial charge on any atom is -0.374 e. The number of hydrogen-bond donors (Lipinski definition) is 2. The summed E-state index contributed by atoms with van der Waals surface area (Å²) in [7, 11) is 2.14. The van der Waals surface area contributed by atoms with Gasteiger partial charge in [-0.1, -0.05) is 20.8 Å². The van der Waals surface area contributed by atoms with Crippen molar-refractivity contribution >= 4 is 29.9 Å². The summed E-state index contributed by atoms with van der Waals surface area (Å²) in [5, 5.41) is 6.84. The Morgan fingerprint density at radius 1 is 1.39 bits per heavy atom. The topological polar surface area (TPSA) is 48.9 Å². The van der Waals surface area contributed by atoms with Crippen LogP contribution in [0.2, 0.25) is 0 Å². The Kier molecular flexibility index (Phi) is 11.4. The van der Waals surface area contributed by atoms with Crippen LogP contribution in [0, 0.1) is 5.41 Å². The number of guanidine groups is 1. The molecule has 0 saturated carbocycles. The average molecular weight is 440 g/mol. The Balaban J connectivity index is 0.00000484. The van der Waals surface area contributed by atoms with E-state index in [4.69, 9.17) is 9.73 Å². The maximum Gasteiger partial charge on any atom is 0.191 e. The van der Waals surface area contributed by atoms with Crippen LogP contribution in [0.25, 0.3) is 0 Å². The fourth-order valence-corrected chi connectivity index (χ4v) is 2.45. The average Bonchev–Trinajstić information content (AvgIpc) is 2.42. The van der Waals surface area contributed by atoms with E-state index in [1.54, 1.807) is 0 Å². The fourth-order valence-electron chi connectivity index (χ4n) is 2.45. The minimum atomic E-state index is 0. The zero-order valence-corrected chi connectivity index (χ0v) is 18.1. The number of halogens is 1. The molecule has 0 aromatic carbocycles. The summed E-state index contributed by atoms with van der Waals surface area (Å²) in [5.74, 6) is 0.903. The van der Waals surface area contributed by atoms with Crippen LogP contribution < -0.4 is 10.6 Å². The van der Waals surface area contributed by atoms with Crippen LogP contribution >= 0.6 is 24.0 Å². The number of ether oxygens (including phenoxy) is 1. The number of morpholine rings is 1. The van der Waals surface area contributed by atoms with E-state index in [-0.39, 0.29) is 30.1 Å². The first-order valence-corrected chi connectivity index (χ1v) is 8.65. The van der Waals surface area contributed by atoms with E-state index in [0.717, 1.165) is 38.6 Å². The van der Waals surface area contributed by atoms with Gasteiger partial charge in [-0.2, -0.15) is 0 Å². The molecule has 1 aliphatic rings. The summed E-state index contributed by atoms with van der Waals surface area (Å²) in [6.07, 6.45) is 2.56. The van der Waals surface area contributed by atoms with Gasteiger partial charge in [0.2, 0.25) is 0 Å². The van der Waals surface area contributed by atoms with Crippen LogP contribution in [0.4, 0.5) is 0 Å². The zero-order chi connectivity index (χ0) is 16.6. The van der Waals surface area contributed by atoms with E-state index in [1.165, 1.54) is 6.42 Å². The molecule has 0 bridgehead atoms. The molecule has 0 aromatic heterocycles. The van der Waals surface area contributed by atoms with Crippen LogP contribution in [0.15, 0.2) is 4.99 Å². The van der Waals surface area contributed by atoms with Gasteiger partial charge in [0.15, 0.2) is 5.96 Å². The summed E-state index contributed by atoms with van der Waals surface area (Å²) in [5.41, 5.74) is 0.381. The van der Waals surface area contributed by atoms with Crippen LogP contribution in [-0.2, 0) is 4.74 Å². The molecule has 1 heterocycles. The predicted molar refractivity (Wildman–Crippen MR) is 110 cm³/mol. The highest BCUT2D eigenvalue weighted by Gasteiger charge is 2.18. The second kappa shape index (κ2) is 11.5. The van der Waals surface area contributed by atoms with E-state index < -0.39 is 0 Å². The molecule has 2 atom stereocenters. The van der Waals surface area contributed by atoms with Gasteiger partial charge in [0.25, 0.3) is 0 Å². The van der Waals surface area contributed by atoms with E-state index in [2.05, 4.69) is 57.2 Å². The molecule has 2 N–H and O–H groups in total. The Morgan fingerprint density at radius 3 is 2.65 bits per heavy atom. The monoisotopic (exact) mass is 440 g/mol. The molecular weight excluding hydrogens is 403 g/mol. The maximum absolute atomic E-state index is 5.77. The minimum absolute atomic E-state index is 0. The van der Waals surface area contributed by atoms with Crippen molar-refractivity contribution in [3.63, 3.8) is 0 Å². The largest absolute Gasteiger partial charge is 0.374 e. The van der Waals surface area contributed by atoms with Crippen LogP contribution in [-0.4, -0.2) is 62.8 Å². The first kappa shape index (κ1) is 22.9. The van der Waals surface area contributed by atoms with Gasteiger partial charge in [-0.15, -0.1) is 24.0 Å². The Labute approximate surface area is 160 Å². The summed E-state index contributed by atoms with van der Waals surface area (Å²) < 4.78 is 5.77. The Hall–Kier alpha value is -0.0800. The molecule has 1 aliphatic heterocycles. The number of rotatable bonds is 6. The van der Waals surface area contributed by atoms with Crippen molar-refractivity contribution in [3.05, 3.63) is 0 Å². The summed E-state index contributed by atoms with van der Waals surface area (Å²) in [6, 6.07) is 0.423. The van der Waals surface area contributed by atoms with Crippen LogP contribution in [0.5, 0.6) is 0 Å². The van der Waals surface area contributed by atoms with Crippen LogP contribution in [0.3, 0.4) is 0 Å². The molecule has 0 amide bonds. The molecule has 5 nitrogen and oxygen atoms in total. The third kappa shape index (κ3) is 11.2. The van der Waals surface area contributed by atoms with E-state index in [1.807, 2.05) is 0 Å². The highest BCUT2D eigenvalue weighted by Crippen LogP contribution is 2.21. The molecule has 1 fully saturated rings. The number of likely N-dealkylation sites (N-methyl/N-ethyl adjacent to an activating group) is 1. The van der Waals surface area contributed by atoms with Gasteiger partial charge in [-0.05, 0) is 39.2 Å². The molecular formula is C17H37IN4O. The first-order chi connectivity index (χ1) is 10.3. The molecule has 6 heteroatoms. The van der Waals surface area contributed by atoms with E-state index in [9.17, 15) is 0 Å². The summed E-state index contributed by atoms with van der Waals surface area (Å²) in [6.45, 7) is 15.6. The highest BCUT2D eigenvalue weighted by atomic mass is 127. The lowest BCUT2D eigenvalue weighted by atomic mass is 9.89. The normalized spacial score (nSPS) is 21.5. The van der Waals surface area contributed by atoms with E-state index >= 15 is 0 Å². The fraction of sp³-hybridized carbons (Fsp3) is 0.941. The molecule has 0 radical (unpaired) electrons. The molecule has 1 rings (SSSR count). The molecule has 138 valence electrons. The lowest BCUT2D eigenvalue weighted by molar-refractivity contribution is -0.0136. The number of nitrogens with zero attached hydrogens (tertiary/aromatic N) is 2. The molecule has 23 heavy (non-hydrogen) atoms. The lowest BCUT2D eigenvalue weighted by Crippen LogP contribution is -2.45. The van der Waals surface area contributed by atoms with Crippen molar-refractivity contribution in [2.45, 2.75) is 59.6 Å². The third-order valence-electron chi connectivity index (χ3n) is 3.85. The van der Waals surface area contributed by atoms with Gasteiger partial charge in [0.1, 0.15) is 0 Å². The van der Waals surface area contributed by atoms with Gasteiger partial charge < -0.3 is 20.3 Å². The molecule has 1 saturated heterocycles. The predicted octanol–water partition coefficient (Wildman–Crippen LogP) is 2.70. The second-order valence-electron chi connectivity index (χ2n) is 7.62. The van der Waals surface area contributed by atoms with Crippen molar-refractivity contribution < 1.29 is 4.74 Å². The number of nitrogens with one attached hydrogen (secondary N) is 2. The van der Waals surface area contributed by atoms with Gasteiger partial charge in [0, 0.05) is 25.7 Å². The third-order valence-corrected chi connectivity index (χ3v) is 3.85. The van der Waals surface area contributed by atoms with Crippen molar-refractivity contribution in [1.29, 1.82) is 0 Å². The van der Waals surface area contributed by atoms with E-state index in [0.29, 0.717) is 18.0 Å². The Bertz CT molecular complexity index is 344. The van der Waals surface area contributed by atoms with Crippen molar-refractivity contribution in [2.75, 3.05) is 39.8 Å². The second-order valence-corrected chi connectivity index (χ2v) is 7.62. The van der Waals surface area contributed by atoms with Crippen molar-refractivity contribution in [2.24, 2.45) is 10.4 Å². The first-order valence-electron chi connectivity index (χ1n) is 8.65. The van der Waals surface area contributed by atoms with Crippen LogP contribution in [0.1, 0.15) is 47.5 Å². The quantitative estimate of drug-likeness (QED) is 0.379. The smallest absolute Gasteiger partial charge is 0.191 e. The molecule has 0 aromatic rings. The molecule has 0 aliphatic carbocycles. The molecule has 2 unspecified atom stereocenters. The zero-order valence-electron chi connectivity index (χ0n) is 15.8. The van der Waals surface area contributed by atoms with Crippen molar-refractivity contribution in [3.8, 4) is 0 Å². The lowest BCUT2D eigenvalue weighted by Gasteiger charge is -2.29. The van der Waals surface area contributed by atoms with Gasteiger partial charge in [-0.25, -0.2) is 0 Å². The SMILES string of the molecule is CCNC(=NCC1CN(C)CCO1)NC(C)CCC(C)(C)C.I. The molecule has 0 spiro atoms.